The average Bonchev–Trinajstić information content (AvgIpc) is 3.16. The van der Waals surface area contributed by atoms with Crippen LogP contribution in [-0.2, 0) is 51.3 Å². The number of carbonyl (C=O) groups is 4. The highest BCUT2D eigenvalue weighted by atomic mass is 16.6. The number of esters is 4. The summed E-state index contributed by atoms with van der Waals surface area (Å²) < 4.78 is 22.6. The molecule has 1 saturated heterocycles. The Bertz CT molecular complexity index is 1270. The Morgan fingerprint density at radius 3 is 1.35 bits per heavy atom. The zero-order chi connectivity index (χ0) is 36.2. The topological polar surface area (TPSA) is 138 Å². The molecule has 2 unspecified atom stereocenters. The number of hydrogen-bond acceptors (Lipinski definition) is 11. The van der Waals surface area contributed by atoms with Gasteiger partial charge in [0.05, 0.1) is 0 Å². The van der Waals surface area contributed by atoms with E-state index >= 15 is 0 Å². The van der Waals surface area contributed by atoms with E-state index in [1.807, 2.05) is 77.4 Å². The molecule has 1 aliphatic heterocycles. The van der Waals surface area contributed by atoms with Crippen molar-refractivity contribution < 1.29 is 38.1 Å². The Morgan fingerprint density at radius 1 is 0.673 bits per heavy atom. The maximum Gasteiger partial charge on any atom is 0.323 e. The maximum absolute atomic E-state index is 13.6. The Hall–Kier alpha value is -3.80. The van der Waals surface area contributed by atoms with Gasteiger partial charge in [0.1, 0.15) is 36.5 Å². The molecule has 0 aliphatic carbocycles. The molecule has 0 bridgehead atoms. The van der Waals surface area contributed by atoms with Crippen LogP contribution in [0.4, 0.5) is 0 Å². The molecule has 1 fully saturated rings. The molecular formula is C38H55N3O8. The summed E-state index contributed by atoms with van der Waals surface area (Å²) in [5.74, 6) is -1.77. The lowest BCUT2D eigenvalue weighted by Crippen LogP contribution is -2.56. The van der Waals surface area contributed by atoms with Gasteiger partial charge >= 0.3 is 23.9 Å². The van der Waals surface area contributed by atoms with Gasteiger partial charge < -0.3 is 24.7 Å². The fraction of sp³-hybridized carbons (Fsp3) is 0.579. The van der Waals surface area contributed by atoms with Gasteiger partial charge in [-0.1, -0.05) is 60.7 Å². The number of nitrogens with two attached hydrogens (primary N) is 1. The Morgan fingerprint density at radius 2 is 1.02 bits per heavy atom. The highest BCUT2D eigenvalue weighted by molar-refractivity contribution is 5.78. The minimum absolute atomic E-state index is 0.00384. The molecule has 270 valence electrons. The number of rotatable bonds is 14. The summed E-state index contributed by atoms with van der Waals surface area (Å²) in [6.45, 7) is 14.2. The third kappa shape index (κ3) is 14.7. The molecule has 49 heavy (non-hydrogen) atoms. The van der Waals surface area contributed by atoms with Gasteiger partial charge in [-0.25, -0.2) is 0 Å². The van der Waals surface area contributed by atoms with Gasteiger partial charge in [-0.2, -0.15) is 0 Å². The smallest absolute Gasteiger partial charge is 0.323 e. The van der Waals surface area contributed by atoms with E-state index in [9.17, 15) is 19.2 Å². The van der Waals surface area contributed by atoms with Gasteiger partial charge in [0.15, 0.2) is 0 Å². The lowest BCUT2D eigenvalue weighted by molar-refractivity contribution is -0.164. The summed E-state index contributed by atoms with van der Waals surface area (Å²) in [6, 6.07) is 17.2. The second-order valence-electron chi connectivity index (χ2n) is 15.1. The van der Waals surface area contributed by atoms with Crippen molar-refractivity contribution in [2.45, 2.75) is 116 Å². The molecule has 2 aromatic carbocycles. The van der Waals surface area contributed by atoms with Crippen molar-refractivity contribution in [3.05, 3.63) is 71.8 Å². The van der Waals surface area contributed by atoms with Crippen LogP contribution in [-0.4, -0.2) is 88.7 Å². The first-order chi connectivity index (χ1) is 22.9. The lowest BCUT2D eigenvalue weighted by atomic mass is 9.99. The predicted molar refractivity (Wildman–Crippen MR) is 186 cm³/mol. The van der Waals surface area contributed by atoms with Crippen LogP contribution in [0.3, 0.4) is 0 Å². The summed E-state index contributed by atoms with van der Waals surface area (Å²) in [6.07, 6.45) is 0.344. The molecule has 2 atom stereocenters. The quantitative estimate of drug-likeness (QED) is 0.218. The van der Waals surface area contributed by atoms with E-state index in [1.165, 1.54) is 0 Å². The normalized spacial score (nSPS) is 18.9. The van der Waals surface area contributed by atoms with Crippen molar-refractivity contribution in [3.63, 3.8) is 0 Å². The third-order valence-corrected chi connectivity index (χ3v) is 7.77. The fourth-order valence-corrected chi connectivity index (χ4v) is 5.69. The third-order valence-electron chi connectivity index (χ3n) is 7.77. The average molecular weight is 682 g/mol. The van der Waals surface area contributed by atoms with E-state index < -0.39 is 52.7 Å². The van der Waals surface area contributed by atoms with Gasteiger partial charge in [-0.3, -0.25) is 29.0 Å². The summed E-state index contributed by atoms with van der Waals surface area (Å²) >= 11 is 0. The van der Waals surface area contributed by atoms with E-state index in [0.717, 1.165) is 11.1 Å². The van der Waals surface area contributed by atoms with Crippen molar-refractivity contribution >= 4 is 23.9 Å². The van der Waals surface area contributed by atoms with Crippen LogP contribution in [0.2, 0.25) is 0 Å². The zero-order valence-electron chi connectivity index (χ0n) is 30.2. The van der Waals surface area contributed by atoms with Crippen LogP contribution < -0.4 is 5.73 Å². The van der Waals surface area contributed by atoms with Crippen molar-refractivity contribution in [1.82, 2.24) is 9.80 Å². The predicted octanol–water partition coefficient (Wildman–Crippen LogP) is 4.79. The fourth-order valence-electron chi connectivity index (χ4n) is 5.69. The first kappa shape index (κ1) is 39.6. The van der Waals surface area contributed by atoms with E-state index in [0.29, 0.717) is 26.2 Å². The maximum atomic E-state index is 13.6. The van der Waals surface area contributed by atoms with Crippen LogP contribution in [0.25, 0.3) is 0 Å². The standard InChI is InChI=1S/C38H55N3O8/c1-36(2,3)48-34(44)30(18-20-32(42)46-24-28-14-10-8-11-15-28)40-22-23-41(27-38(7,39)26-40)31(35(45)49-37(4,5)6)19-21-33(43)47-25-29-16-12-9-13-17-29/h8-17,30-31H,18-27,39H2,1-7H3. The van der Waals surface area contributed by atoms with Crippen LogP contribution in [0.1, 0.15) is 85.3 Å². The molecule has 0 amide bonds. The molecular weight excluding hydrogens is 626 g/mol. The number of nitrogens with zero attached hydrogens (tertiary/aromatic N) is 2. The van der Waals surface area contributed by atoms with Gasteiger partial charge in [0, 0.05) is 44.6 Å². The van der Waals surface area contributed by atoms with Gasteiger partial charge in [0.2, 0.25) is 0 Å². The van der Waals surface area contributed by atoms with E-state index in [4.69, 9.17) is 24.7 Å². The van der Waals surface area contributed by atoms with Gasteiger partial charge in [0.25, 0.3) is 0 Å². The summed E-state index contributed by atoms with van der Waals surface area (Å²) in [5, 5.41) is 0. The van der Waals surface area contributed by atoms with Crippen LogP contribution in [0.15, 0.2) is 60.7 Å². The summed E-state index contributed by atoms with van der Waals surface area (Å²) in [4.78, 5) is 56.6. The highest BCUT2D eigenvalue weighted by Crippen LogP contribution is 2.24. The molecule has 0 spiro atoms. The molecule has 11 nitrogen and oxygen atoms in total. The molecule has 0 radical (unpaired) electrons. The Balaban J connectivity index is 1.75. The number of benzene rings is 2. The van der Waals surface area contributed by atoms with Gasteiger partial charge in [-0.05, 0) is 72.4 Å². The lowest BCUT2D eigenvalue weighted by Gasteiger charge is -2.36. The largest absolute Gasteiger partial charge is 0.461 e. The summed E-state index contributed by atoms with van der Waals surface area (Å²) in [5.41, 5.74) is 6.23. The van der Waals surface area contributed by atoms with Crippen LogP contribution in [0.5, 0.6) is 0 Å². The van der Waals surface area contributed by atoms with Gasteiger partial charge in [-0.15, -0.1) is 0 Å². The molecule has 3 rings (SSSR count). The molecule has 1 heterocycles. The first-order valence-corrected chi connectivity index (χ1v) is 17.0. The van der Waals surface area contributed by atoms with Crippen molar-refractivity contribution in [2.24, 2.45) is 5.73 Å². The molecule has 2 N–H and O–H groups in total. The number of ether oxygens (including phenoxy) is 4. The molecule has 0 saturated carbocycles. The van der Waals surface area contributed by atoms with Crippen molar-refractivity contribution in [1.29, 1.82) is 0 Å². The minimum atomic E-state index is -0.876. The molecule has 1 aliphatic rings. The molecule has 11 heteroatoms. The monoisotopic (exact) mass is 681 g/mol. The molecule has 0 aromatic heterocycles. The Kier molecular flexibility index (Phi) is 14.3. The molecule has 2 aromatic rings. The zero-order valence-corrected chi connectivity index (χ0v) is 30.2. The van der Waals surface area contributed by atoms with E-state index in [1.54, 1.807) is 41.5 Å². The first-order valence-electron chi connectivity index (χ1n) is 17.0. The number of carbonyl (C=O) groups excluding carboxylic acids is 4. The second kappa shape index (κ2) is 17.7. The number of hydrogen-bond donors (Lipinski definition) is 1. The Labute approximate surface area is 291 Å². The minimum Gasteiger partial charge on any atom is -0.461 e. The van der Waals surface area contributed by atoms with Crippen molar-refractivity contribution in [3.8, 4) is 0 Å². The SMILES string of the molecule is CC1(N)CN(C(CCC(=O)OCc2ccccc2)C(=O)OC(C)(C)C)CCN(C(CCC(=O)OCc2ccccc2)C(=O)OC(C)(C)C)C1. The second-order valence-corrected chi connectivity index (χ2v) is 15.1. The van der Waals surface area contributed by atoms with Crippen molar-refractivity contribution in [2.75, 3.05) is 26.2 Å². The van der Waals surface area contributed by atoms with E-state index in [-0.39, 0.29) is 38.9 Å². The van der Waals surface area contributed by atoms with Crippen LogP contribution in [0, 0.1) is 0 Å². The highest BCUT2D eigenvalue weighted by Gasteiger charge is 2.41. The van der Waals surface area contributed by atoms with Crippen LogP contribution >= 0.6 is 0 Å². The summed E-state index contributed by atoms with van der Waals surface area (Å²) in [7, 11) is 0. The van der Waals surface area contributed by atoms with E-state index in [2.05, 4.69) is 0 Å².